The maximum absolute atomic E-state index is 9.18. The Morgan fingerprint density at radius 2 is 2.21 bits per heavy atom. The van der Waals surface area contributed by atoms with Gasteiger partial charge in [0.15, 0.2) is 0 Å². The van der Waals surface area contributed by atoms with Crippen LogP contribution in [0.5, 0.6) is 0 Å². The van der Waals surface area contributed by atoms with E-state index in [4.69, 9.17) is 4.74 Å². The van der Waals surface area contributed by atoms with E-state index in [1.54, 1.807) is 0 Å². The number of rotatable bonds is 2. The fraction of sp³-hybridized carbons (Fsp3) is 0.500. The van der Waals surface area contributed by atoms with Crippen molar-refractivity contribution in [2.24, 2.45) is 0 Å². The second-order valence-electron chi connectivity index (χ2n) is 6.10. The van der Waals surface area contributed by atoms with Gasteiger partial charge in [0, 0.05) is 23.2 Å². The number of H-pyrrole nitrogens is 1. The number of benzene rings is 1. The third-order valence-corrected chi connectivity index (χ3v) is 4.04. The molecule has 0 unspecified atom stereocenters. The van der Waals surface area contributed by atoms with Crippen LogP contribution >= 0.6 is 0 Å². The van der Waals surface area contributed by atoms with Crippen molar-refractivity contribution < 1.29 is 9.84 Å². The Labute approximate surface area is 113 Å². The summed E-state index contributed by atoms with van der Waals surface area (Å²) in [7, 11) is 0. The van der Waals surface area contributed by atoms with Crippen LogP contribution < -0.4 is 0 Å². The summed E-state index contributed by atoms with van der Waals surface area (Å²) in [5.74, 6) is 0.570. The molecule has 0 aliphatic carbocycles. The molecular formula is C16H21NO2. The molecule has 0 saturated carbocycles. The van der Waals surface area contributed by atoms with Gasteiger partial charge in [0.25, 0.3) is 0 Å². The number of hydrogen-bond donors (Lipinski definition) is 2. The summed E-state index contributed by atoms with van der Waals surface area (Å²) in [6.07, 6.45) is 2.15. The van der Waals surface area contributed by atoms with Gasteiger partial charge in [0.05, 0.1) is 12.2 Å². The van der Waals surface area contributed by atoms with Gasteiger partial charge in [-0.25, -0.2) is 0 Å². The normalized spacial score (nSPS) is 22.8. The van der Waals surface area contributed by atoms with E-state index in [9.17, 15) is 5.11 Å². The van der Waals surface area contributed by atoms with E-state index in [2.05, 4.69) is 37.0 Å². The van der Waals surface area contributed by atoms with E-state index in [0.717, 1.165) is 30.7 Å². The maximum atomic E-state index is 9.18. The van der Waals surface area contributed by atoms with Crippen LogP contribution in [0.25, 0.3) is 10.9 Å². The van der Waals surface area contributed by atoms with E-state index in [1.807, 2.05) is 6.07 Å². The molecule has 0 bridgehead atoms. The highest BCUT2D eigenvalue weighted by Crippen LogP contribution is 2.36. The number of ether oxygens (including phenoxy) is 1. The third-order valence-electron chi connectivity index (χ3n) is 4.04. The zero-order chi connectivity index (χ0) is 13.5. The second-order valence-corrected chi connectivity index (χ2v) is 6.10. The Morgan fingerprint density at radius 1 is 1.37 bits per heavy atom. The lowest BCUT2D eigenvalue weighted by Gasteiger charge is -2.35. The molecule has 2 aromatic rings. The summed E-state index contributed by atoms with van der Waals surface area (Å²) >= 11 is 0. The largest absolute Gasteiger partial charge is 0.390 e. The van der Waals surface area contributed by atoms with Gasteiger partial charge in [-0.05, 0) is 56.4 Å². The van der Waals surface area contributed by atoms with Gasteiger partial charge in [-0.15, -0.1) is 0 Å². The molecule has 19 heavy (non-hydrogen) atoms. The molecule has 1 atom stereocenters. The Hall–Kier alpha value is -1.32. The van der Waals surface area contributed by atoms with Crippen LogP contribution in [0.2, 0.25) is 0 Å². The number of aromatic nitrogens is 1. The number of hydrogen-bond acceptors (Lipinski definition) is 2. The van der Waals surface area contributed by atoms with Crippen LogP contribution in [0, 0.1) is 0 Å². The first-order chi connectivity index (χ1) is 9.07. The fourth-order valence-corrected chi connectivity index (χ4v) is 3.07. The number of aromatic amines is 1. The molecule has 1 fully saturated rings. The average molecular weight is 259 g/mol. The Morgan fingerprint density at radius 3 is 2.95 bits per heavy atom. The molecule has 102 valence electrons. The predicted octanol–water partition coefficient (Wildman–Crippen LogP) is 3.33. The third kappa shape index (κ3) is 2.53. The smallest absolute Gasteiger partial charge is 0.0831 e. The van der Waals surface area contributed by atoms with Gasteiger partial charge in [0.1, 0.15) is 0 Å². The SMILES string of the molecule is CC1(C)C[C@@H](c2ccc3[nH]c(CO)cc3c2)CCO1. The predicted molar refractivity (Wildman–Crippen MR) is 76.2 cm³/mol. The number of aliphatic hydroxyl groups is 1. The molecule has 1 aliphatic heterocycles. The van der Waals surface area contributed by atoms with E-state index < -0.39 is 0 Å². The van der Waals surface area contributed by atoms with E-state index in [1.165, 1.54) is 10.9 Å². The van der Waals surface area contributed by atoms with Crippen molar-refractivity contribution in [2.45, 2.75) is 44.8 Å². The van der Waals surface area contributed by atoms with Gasteiger partial charge in [-0.3, -0.25) is 0 Å². The van der Waals surface area contributed by atoms with Crippen molar-refractivity contribution in [3.05, 3.63) is 35.5 Å². The van der Waals surface area contributed by atoms with Crippen LogP contribution in [0.1, 0.15) is 43.9 Å². The lowest BCUT2D eigenvalue weighted by atomic mass is 9.83. The molecular weight excluding hydrogens is 238 g/mol. The van der Waals surface area contributed by atoms with Crippen LogP contribution in [0.4, 0.5) is 0 Å². The molecule has 2 heterocycles. The lowest BCUT2D eigenvalue weighted by Crippen LogP contribution is -2.32. The Balaban J connectivity index is 1.92. The molecule has 1 aliphatic rings. The zero-order valence-corrected chi connectivity index (χ0v) is 11.6. The van der Waals surface area contributed by atoms with Gasteiger partial charge in [-0.1, -0.05) is 6.07 Å². The molecule has 3 rings (SSSR count). The maximum Gasteiger partial charge on any atom is 0.0831 e. The van der Waals surface area contributed by atoms with Crippen molar-refractivity contribution in [2.75, 3.05) is 6.61 Å². The molecule has 0 radical (unpaired) electrons. The van der Waals surface area contributed by atoms with Gasteiger partial charge >= 0.3 is 0 Å². The van der Waals surface area contributed by atoms with E-state index in [0.29, 0.717) is 5.92 Å². The first-order valence-electron chi connectivity index (χ1n) is 6.94. The molecule has 3 nitrogen and oxygen atoms in total. The first kappa shape index (κ1) is 12.7. The van der Waals surface area contributed by atoms with Crippen molar-refractivity contribution in [1.82, 2.24) is 4.98 Å². The standard InChI is InChI=1S/C16H21NO2/c1-16(2)9-12(5-6-19-16)11-3-4-15-13(7-11)8-14(10-18)17-15/h3-4,7-8,12,17-18H,5-6,9-10H2,1-2H3/t12-/m0/s1. The molecule has 1 aromatic carbocycles. The van der Waals surface area contributed by atoms with Crippen molar-refractivity contribution in [3.8, 4) is 0 Å². The summed E-state index contributed by atoms with van der Waals surface area (Å²) in [4.78, 5) is 3.22. The van der Waals surface area contributed by atoms with Crippen LogP contribution in [0.15, 0.2) is 24.3 Å². The highest BCUT2D eigenvalue weighted by atomic mass is 16.5. The molecule has 2 N–H and O–H groups in total. The summed E-state index contributed by atoms with van der Waals surface area (Å²) < 4.78 is 5.79. The molecule has 1 aromatic heterocycles. The summed E-state index contributed by atoms with van der Waals surface area (Å²) in [6.45, 7) is 5.23. The lowest BCUT2D eigenvalue weighted by molar-refractivity contribution is -0.0592. The highest BCUT2D eigenvalue weighted by Gasteiger charge is 2.29. The topological polar surface area (TPSA) is 45.2 Å². The molecule has 0 spiro atoms. The summed E-state index contributed by atoms with van der Waals surface area (Å²) in [5.41, 5.74) is 3.33. The highest BCUT2D eigenvalue weighted by molar-refractivity contribution is 5.81. The Kier molecular flexibility index (Phi) is 3.11. The van der Waals surface area contributed by atoms with E-state index >= 15 is 0 Å². The number of aliphatic hydroxyl groups excluding tert-OH is 1. The van der Waals surface area contributed by atoms with Gasteiger partial charge < -0.3 is 14.8 Å². The van der Waals surface area contributed by atoms with Gasteiger partial charge in [-0.2, -0.15) is 0 Å². The summed E-state index contributed by atoms with van der Waals surface area (Å²) in [5, 5.41) is 10.4. The fourth-order valence-electron chi connectivity index (χ4n) is 3.07. The van der Waals surface area contributed by atoms with Crippen LogP contribution in [-0.2, 0) is 11.3 Å². The molecule has 0 amide bonds. The minimum Gasteiger partial charge on any atom is -0.390 e. The number of fused-ring (bicyclic) bond motifs is 1. The molecule has 1 saturated heterocycles. The van der Waals surface area contributed by atoms with Crippen molar-refractivity contribution >= 4 is 10.9 Å². The number of nitrogens with one attached hydrogen (secondary N) is 1. The quantitative estimate of drug-likeness (QED) is 0.869. The van der Waals surface area contributed by atoms with E-state index in [-0.39, 0.29) is 12.2 Å². The summed E-state index contributed by atoms with van der Waals surface area (Å²) in [6, 6.07) is 8.60. The van der Waals surface area contributed by atoms with Crippen LogP contribution in [-0.4, -0.2) is 22.3 Å². The van der Waals surface area contributed by atoms with Gasteiger partial charge in [0.2, 0.25) is 0 Å². The molecule has 3 heteroatoms. The average Bonchev–Trinajstić information content (AvgIpc) is 2.79. The minimum absolute atomic E-state index is 0.0215. The minimum atomic E-state index is -0.0215. The second kappa shape index (κ2) is 4.66. The van der Waals surface area contributed by atoms with Crippen LogP contribution in [0.3, 0.4) is 0 Å². The first-order valence-corrected chi connectivity index (χ1v) is 6.94. The van der Waals surface area contributed by atoms with Crippen molar-refractivity contribution in [3.63, 3.8) is 0 Å². The Bertz CT molecular complexity index is 585. The zero-order valence-electron chi connectivity index (χ0n) is 11.6. The monoisotopic (exact) mass is 259 g/mol. The van der Waals surface area contributed by atoms with Crippen molar-refractivity contribution in [1.29, 1.82) is 0 Å².